The summed E-state index contributed by atoms with van der Waals surface area (Å²) < 4.78 is 5.35. The van der Waals surface area contributed by atoms with Gasteiger partial charge in [-0.15, -0.1) is 0 Å². The molecule has 7 heteroatoms. The second-order valence-electron chi connectivity index (χ2n) is 8.76. The molecule has 0 N–H and O–H groups in total. The number of ether oxygens (including phenoxy) is 1. The lowest BCUT2D eigenvalue weighted by atomic mass is 9.90. The topological polar surface area (TPSA) is 88.4 Å². The van der Waals surface area contributed by atoms with Gasteiger partial charge in [-0.05, 0) is 12.0 Å². The van der Waals surface area contributed by atoms with E-state index in [0.717, 1.165) is 11.3 Å². The van der Waals surface area contributed by atoms with E-state index in [2.05, 4.69) is 9.98 Å². The predicted molar refractivity (Wildman–Crippen MR) is 115 cm³/mol. The largest absolute Gasteiger partial charge is 0.380 e. The van der Waals surface area contributed by atoms with Gasteiger partial charge in [0.25, 0.3) is 5.91 Å². The Morgan fingerprint density at radius 3 is 2.60 bits per heavy atom. The fourth-order valence-corrected chi connectivity index (χ4v) is 3.33. The SMILES string of the molecule is CC(C)(C)C(=O)CN(CC1=NC(=O)C2COCCC2=N1)C(=O)CCc1ccccc1. The number of aliphatic imine (C=N–C) groups is 2. The van der Waals surface area contributed by atoms with E-state index >= 15 is 0 Å². The van der Waals surface area contributed by atoms with E-state index in [0.29, 0.717) is 31.9 Å². The number of amidine groups is 1. The van der Waals surface area contributed by atoms with Crippen molar-refractivity contribution in [2.24, 2.45) is 21.3 Å². The molecule has 0 aliphatic carbocycles. The van der Waals surface area contributed by atoms with Gasteiger partial charge in [-0.25, -0.2) is 4.99 Å². The van der Waals surface area contributed by atoms with Gasteiger partial charge in [0.15, 0.2) is 11.6 Å². The van der Waals surface area contributed by atoms with Gasteiger partial charge in [-0.2, -0.15) is 4.99 Å². The van der Waals surface area contributed by atoms with E-state index in [-0.39, 0.29) is 37.1 Å². The van der Waals surface area contributed by atoms with Crippen molar-refractivity contribution >= 4 is 29.1 Å². The Bertz CT molecular complexity index is 868. The van der Waals surface area contributed by atoms with E-state index in [1.807, 2.05) is 51.1 Å². The Hall–Kier alpha value is -2.67. The van der Waals surface area contributed by atoms with Gasteiger partial charge in [0.05, 0.1) is 26.3 Å². The van der Waals surface area contributed by atoms with Gasteiger partial charge in [-0.1, -0.05) is 51.1 Å². The number of carbonyl (C=O) groups excluding carboxylic acids is 3. The smallest absolute Gasteiger partial charge is 0.258 e. The first-order valence-corrected chi connectivity index (χ1v) is 10.4. The van der Waals surface area contributed by atoms with Gasteiger partial charge in [0.2, 0.25) is 5.91 Å². The van der Waals surface area contributed by atoms with E-state index in [1.54, 1.807) is 0 Å². The number of aryl methyl sites for hydroxylation is 1. The lowest BCUT2D eigenvalue weighted by Crippen LogP contribution is -2.44. The summed E-state index contributed by atoms with van der Waals surface area (Å²) in [7, 11) is 0. The molecule has 1 aromatic rings. The molecule has 0 saturated carbocycles. The van der Waals surface area contributed by atoms with E-state index in [4.69, 9.17) is 4.74 Å². The third-order valence-corrected chi connectivity index (χ3v) is 5.33. The van der Waals surface area contributed by atoms with Gasteiger partial charge >= 0.3 is 0 Å². The number of benzene rings is 1. The summed E-state index contributed by atoms with van der Waals surface area (Å²) in [6.07, 6.45) is 1.44. The lowest BCUT2D eigenvalue weighted by molar-refractivity contribution is -0.137. The Morgan fingerprint density at radius 1 is 1.17 bits per heavy atom. The van der Waals surface area contributed by atoms with Crippen LogP contribution in [0.3, 0.4) is 0 Å². The highest BCUT2D eigenvalue weighted by atomic mass is 16.5. The summed E-state index contributed by atoms with van der Waals surface area (Å²) in [5, 5.41) is 0. The van der Waals surface area contributed by atoms with Gasteiger partial charge in [-0.3, -0.25) is 14.4 Å². The number of ketones is 1. The summed E-state index contributed by atoms with van der Waals surface area (Å²) >= 11 is 0. The predicted octanol–water partition coefficient (Wildman–Crippen LogP) is 2.48. The number of nitrogens with zero attached hydrogens (tertiary/aromatic N) is 3. The molecule has 0 aromatic heterocycles. The van der Waals surface area contributed by atoms with Crippen LogP contribution in [0.25, 0.3) is 0 Å². The molecule has 1 saturated heterocycles. The van der Waals surface area contributed by atoms with Crippen LogP contribution in [0.1, 0.15) is 39.2 Å². The Balaban J connectivity index is 1.73. The molecule has 160 valence electrons. The van der Waals surface area contributed by atoms with Crippen LogP contribution < -0.4 is 0 Å². The fourth-order valence-electron chi connectivity index (χ4n) is 3.33. The number of Topliss-reactive ketones (excluding diaryl/α,β-unsaturated/α-hetero) is 1. The molecule has 1 aromatic carbocycles. The molecule has 1 fully saturated rings. The molecule has 30 heavy (non-hydrogen) atoms. The van der Waals surface area contributed by atoms with Crippen molar-refractivity contribution in [1.29, 1.82) is 0 Å². The molecule has 2 amide bonds. The van der Waals surface area contributed by atoms with Crippen LogP contribution in [0.2, 0.25) is 0 Å². The zero-order valence-corrected chi connectivity index (χ0v) is 17.9. The number of amides is 2. The van der Waals surface area contributed by atoms with Gasteiger partial charge in [0, 0.05) is 24.0 Å². The summed E-state index contributed by atoms with van der Waals surface area (Å²) in [5.74, 6) is -0.604. The number of carbonyl (C=O) groups is 3. The second kappa shape index (κ2) is 9.43. The van der Waals surface area contributed by atoms with Crippen LogP contribution >= 0.6 is 0 Å². The minimum absolute atomic E-state index is 0.0261. The van der Waals surface area contributed by atoms with Crippen molar-refractivity contribution in [1.82, 2.24) is 4.90 Å². The summed E-state index contributed by atoms with van der Waals surface area (Å²) in [5.41, 5.74) is 1.25. The third kappa shape index (κ3) is 5.69. The normalized spacial score (nSPS) is 18.9. The average molecular weight is 412 g/mol. The maximum Gasteiger partial charge on any atom is 0.258 e. The van der Waals surface area contributed by atoms with Crippen LogP contribution in [0.4, 0.5) is 0 Å². The molecule has 0 bridgehead atoms. The molecular weight excluding hydrogens is 382 g/mol. The van der Waals surface area contributed by atoms with Crippen LogP contribution in [0.5, 0.6) is 0 Å². The maximum atomic E-state index is 13.0. The molecule has 7 nitrogen and oxygen atoms in total. The first-order chi connectivity index (χ1) is 14.2. The van der Waals surface area contributed by atoms with Crippen LogP contribution in [0.15, 0.2) is 40.3 Å². The minimum atomic E-state index is -0.570. The van der Waals surface area contributed by atoms with Gasteiger partial charge < -0.3 is 9.64 Å². The minimum Gasteiger partial charge on any atom is -0.380 e. The maximum absolute atomic E-state index is 13.0. The molecule has 0 radical (unpaired) electrons. The van der Waals surface area contributed by atoms with Crippen molar-refractivity contribution in [3.8, 4) is 0 Å². The highest BCUT2D eigenvalue weighted by Crippen LogP contribution is 2.19. The van der Waals surface area contributed by atoms with Crippen molar-refractivity contribution < 1.29 is 19.1 Å². The zero-order valence-electron chi connectivity index (χ0n) is 17.9. The molecular formula is C23H29N3O4. The van der Waals surface area contributed by atoms with Crippen molar-refractivity contribution in [2.75, 3.05) is 26.3 Å². The lowest BCUT2D eigenvalue weighted by Gasteiger charge is -2.28. The summed E-state index contributed by atoms with van der Waals surface area (Å²) in [6.45, 7) is 6.35. The highest BCUT2D eigenvalue weighted by Gasteiger charge is 2.33. The molecule has 1 atom stereocenters. The van der Waals surface area contributed by atoms with E-state index in [9.17, 15) is 14.4 Å². The summed E-state index contributed by atoms with van der Waals surface area (Å²) in [6, 6.07) is 9.74. The molecule has 2 aliphatic rings. The van der Waals surface area contributed by atoms with Crippen LogP contribution in [-0.2, 0) is 25.5 Å². The highest BCUT2D eigenvalue weighted by molar-refractivity contribution is 6.17. The second-order valence-corrected chi connectivity index (χ2v) is 8.76. The average Bonchev–Trinajstić information content (AvgIpc) is 2.71. The van der Waals surface area contributed by atoms with Crippen LogP contribution in [0, 0.1) is 11.3 Å². The number of rotatable bonds is 7. The van der Waals surface area contributed by atoms with E-state index < -0.39 is 11.3 Å². The number of hydrogen-bond acceptors (Lipinski definition) is 5. The zero-order chi connectivity index (χ0) is 21.7. The Kier molecular flexibility index (Phi) is 6.92. The third-order valence-electron chi connectivity index (χ3n) is 5.33. The monoisotopic (exact) mass is 411 g/mol. The first kappa shape index (κ1) is 22.0. The van der Waals surface area contributed by atoms with E-state index in [1.165, 1.54) is 4.90 Å². The fraction of sp³-hybridized carbons (Fsp3) is 0.522. The molecule has 3 rings (SSSR count). The molecule has 2 heterocycles. The number of hydrogen-bond donors (Lipinski definition) is 0. The molecule has 2 aliphatic heterocycles. The van der Waals surface area contributed by atoms with Crippen molar-refractivity contribution in [2.45, 2.75) is 40.0 Å². The Morgan fingerprint density at radius 2 is 1.90 bits per heavy atom. The van der Waals surface area contributed by atoms with Crippen molar-refractivity contribution in [3.63, 3.8) is 0 Å². The standard InChI is InChI=1S/C23H29N3O4/c1-23(2,3)19(27)13-26(21(28)10-9-16-7-5-4-6-8-16)14-20-24-18-11-12-30-15-17(18)22(29)25-20/h4-8,17H,9-15H2,1-3H3. The van der Waals surface area contributed by atoms with Crippen LogP contribution in [-0.4, -0.2) is 60.3 Å². The molecule has 1 unspecified atom stereocenters. The van der Waals surface area contributed by atoms with Crippen molar-refractivity contribution in [3.05, 3.63) is 35.9 Å². The Labute approximate surface area is 177 Å². The summed E-state index contributed by atoms with van der Waals surface area (Å²) in [4.78, 5) is 48.1. The number of fused-ring (bicyclic) bond motifs is 1. The molecule has 0 spiro atoms. The quantitative estimate of drug-likeness (QED) is 0.690. The first-order valence-electron chi connectivity index (χ1n) is 10.4. The van der Waals surface area contributed by atoms with Gasteiger partial charge in [0.1, 0.15) is 5.92 Å².